The summed E-state index contributed by atoms with van der Waals surface area (Å²) in [7, 11) is 4.01. The predicted octanol–water partition coefficient (Wildman–Crippen LogP) is 3.38. The number of amides is 2. The van der Waals surface area contributed by atoms with Crippen LogP contribution in [0.15, 0.2) is 48.5 Å². The second-order valence-corrected chi connectivity index (χ2v) is 5.18. The van der Waals surface area contributed by atoms with E-state index in [1.807, 2.05) is 74.4 Å². The molecule has 0 unspecified atom stereocenters. The average molecular weight is 283 g/mol. The van der Waals surface area contributed by atoms with Gasteiger partial charge in [0, 0.05) is 32.0 Å². The Bertz CT molecular complexity index is 606. The molecule has 2 rings (SSSR count). The van der Waals surface area contributed by atoms with E-state index in [2.05, 4.69) is 10.6 Å². The lowest BCUT2D eigenvalue weighted by atomic mass is 10.2. The first kappa shape index (κ1) is 14.9. The highest BCUT2D eigenvalue weighted by Crippen LogP contribution is 2.13. The van der Waals surface area contributed by atoms with Crippen LogP contribution in [0.5, 0.6) is 0 Å². The predicted molar refractivity (Wildman–Crippen MR) is 87.8 cm³/mol. The number of anilines is 2. The van der Waals surface area contributed by atoms with Gasteiger partial charge in [-0.2, -0.15) is 0 Å². The van der Waals surface area contributed by atoms with Gasteiger partial charge >= 0.3 is 6.03 Å². The van der Waals surface area contributed by atoms with E-state index in [9.17, 15) is 4.79 Å². The normalized spacial score (nSPS) is 10.0. The molecule has 2 amide bonds. The molecule has 0 spiro atoms. The van der Waals surface area contributed by atoms with Gasteiger partial charge in [-0.25, -0.2) is 4.79 Å². The molecule has 0 saturated heterocycles. The Morgan fingerprint density at radius 1 is 1.05 bits per heavy atom. The summed E-state index contributed by atoms with van der Waals surface area (Å²) in [6, 6.07) is 15.6. The van der Waals surface area contributed by atoms with Crippen molar-refractivity contribution >= 4 is 17.4 Å². The molecule has 2 aromatic carbocycles. The van der Waals surface area contributed by atoms with Crippen molar-refractivity contribution in [3.8, 4) is 0 Å². The first-order chi connectivity index (χ1) is 10.1. The van der Waals surface area contributed by atoms with Gasteiger partial charge in [0.15, 0.2) is 0 Å². The molecule has 4 heteroatoms. The summed E-state index contributed by atoms with van der Waals surface area (Å²) in [6.07, 6.45) is 0. The molecule has 0 bridgehead atoms. The Morgan fingerprint density at radius 2 is 1.71 bits per heavy atom. The van der Waals surface area contributed by atoms with Crippen molar-refractivity contribution in [1.29, 1.82) is 0 Å². The standard InChI is InChI=1S/C17H21N3O/c1-13-6-4-5-7-16(13)19-17(21)18-12-14-8-10-15(11-9-14)20(2)3/h4-11H,12H2,1-3H3,(H2,18,19,21). The van der Waals surface area contributed by atoms with Crippen molar-refractivity contribution in [2.75, 3.05) is 24.3 Å². The Kier molecular flexibility index (Phi) is 4.82. The van der Waals surface area contributed by atoms with E-state index in [-0.39, 0.29) is 6.03 Å². The van der Waals surface area contributed by atoms with Crippen molar-refractivity contribution in [2.24, 2.45) is 0 Å². The number of carbonyl (C=O) groups excluding carboxylic acids is 1. The number of nitrogens with one attached hydrogen (secondary N) is 2. The summed E-state index contributed by atoms with van der Waals surface area (Å²) in [5.74, 6) is 0. The fourth-order valence-corrected chi connectivity index (χ4v) is 1.97. The van der Waals surface area contributed by atoms with Crippen molar-refractivity contribution in [2.45, 2.75) is 13.5 Å². The molecule has 0 saturated carbocycles. The third kappa shape index (κ3) is 4.24. The summed E-state index contributed by atoms with van der Waals surface area (Å²) < 4.78 is 0. The third-order valence-electron chi connectivity index (χ3n) is 3.30. The molecule has 0 atom stereocenters. The highest BCUT2D eigenvalue weighted by atomic mass is 16.2. The maximum atomic E-state index is 11.9. The smallest absolute Gasteiger partial charge is 0.319 e. The molecule has 21 heavy (non-hydrogen) atoms. The molecule has 0 aliphatic heterocycles. The molecule has 110 valence electrons. The van der Waals surface area contributed by atoms with E-state index < -0.39 is 0 Å². The summed E-state index contributed by atoms with van der Waals surface area (Å²) >= 11 is 0. The van der Waals surface area contributed by atoms with E-state index in [1.165, 1.54) is 0 Å². The van der Waals surface area contributed by atoms with Crippen LogP contribution in [-0.2, 0) is 6.54 Å². The summed E-state index contributed by atoms with van der Waals surface area (Å²) in [5, 5.41) is 5.71. The lowest BCUT2D eigenvalue weighted by Gasteiger charge is -2.13. The highest BCUT2D eigenvalue weighted by Gasteiger charge is 2.03. The van der Waals surface area contributed by atoms with Crippen LogP contribution in [0.25, 0.3) is 0 Å². The van der Waals surface area contributed by atoms with Gasteiger partial charge in [-0.05, 0) is 36.2 Å². The Morgan fingerprint density at radius 3 is 2.33 bits per heavy atom. The number of para-hydroxylation sites is 1. The van der Waals surface area contributed by atoms with Gasteiger partial charge in [-0.3, -0.25) is 0 Å². The lowest BCUT2D eigenvalue weighted by Crippen LogP contribution is -2.28. The number of aryl methyl sites for hydroxylation is 1. The maximum absolute atomic E-state index is 11.9. The van der Waals surface area contributed by atoms with Crippen molar-refractivity contribution in [1.82, 2.24) is 5.32 Å². The monoisotopic (exact) mass is 283 g/mol. The molecule has 2 N–H and O–H groups in total. The largest absolute Gasteiger partial charge is 0.378 e. The molecule has 0 heterocycles. The summed E-state index contributed by atoms with van der Waals surface area (Å²) in [5.41, 5.74) is 4.09. The fourth-order valence-electron chi connectivity index (χ4n) is 1.97. The zero-order valence-corrected chi connectivity index (χ0v) is 12.7. The number of carbonyl (C=O) groups is 1. The Balaban J connectivity index is 1.88. The topological polar surface area (TPSA) is 44.4 Å². The second kappa shape index (κ2) is 6.79. The third-order valence-corrected chi connectivity index (χ3v) is 3.30. The van der Waals surface area contributed by atoms with Crippen molar-refractivity contribution in [3.05, 3.63) is 59.7 Å². The van der Waals surface area contributed by atoms with E-state index in [4.69, 9.17) is 0 Å². The van der Waals surface area contributed by atoms with Crippen LogP contribution in [0.4, 0.5) is 16.2 Å². The second-order valence-electron chi connectivity index (χ2n) is 5.18. The summed E-state index contributed by atoms with van der Waals surface area (Å²) in [6.45, 7) is 2.47. The van der Waals surface area contributed by atoms with E-state index in [1.54, 1.807) is 0 Å². The van der Waals surface area contributed by atoms with Crippen LogP contribution in [0, 0.1) is 6.92 Å². The molecular weight excluding hydrogens is 262 g/mol. The lowest BCUT2D eigenvalue weighted by molar-refractivity contribution is 0.251. The molecule has 0 fully saturated rings. The van der Waals surface area contributed by atoms with Crippen LogP contribution in [0.3, 0.4) is 0 Å². The molecule has 2 aromatic rings. The molecular formula is C17H21N3O. The van der Waals surface area contributed by atoms with Crippen LogP contribution in [0.2, 0.25) is 0 Å². The van der Waals surface area contributed by atoms with Gasteiger partial charge in [0.1, 0.15) is 0 Å². The minimum absolute atomic E-state index is 0.194. The van der Waals surface area contributed by atoms with Gasteiger partial charge < -0.3 is 15.5 Å². The van der Waals surface area contributed by atoms with Gasteiger partial charge in [0.2, 0.25) is 0 Å². The molecule has 4 nitrogen and oxygen atoms in total. The number of hydrogen-bond acceptors (Lipinski definition) is 2. The van der Waals surface area contributed by atoms with Crippen LogP contribution >= 0.6 is 0 Å². The Labute approximate surface area is 125 Å². The zero-order chi connectivity index (χ0) is 15.2. The van der Waals surface area contributed by atoms with Gasteiger partial charge in [-0.15, -0.1) is 0 Å². The van der Waals surface area contributed by atoms with Crippen LogP contribution in [-0.4, -0.2) is 20.1 Å². The Hall–Kier alpha value is -2.49. The molecule has 0 radical (unpaired) electrons. The van der Waals surface area contributed by atoms with Crippen LogP contribution in [0.1, 0.15) is 11.1 Å². The molecule has 0 aromatic heterocycles. The minimum Gasteiger partial charge on any atom is -0.378 e. The van der Waals surface area contributed by atoms with Crippen molar-refractivity contribution < 1.29 is 4.79 Å². The SMILES string of the molecule is Cc1ccccc1NC(=O)NCc1ccc(N(C)C)cc1. The fraction of sp³-hybridized carbons (Fsp3) is 0.235. The minimum atomic E-state index is -0.194. The van der Waals surface area contributed by atoms with Gasteiger partial charge in [-0.1, -0.05) is 30.3 Å². The molecule has 0 aliphatic rings. The number of rotatable bonds is 4. The summed E-state index contributed by atoms with van der Waals surface area (Å²) in [4.78, 5) is 13.9. The van der Waals surface area contributed by atoms with E-state index >= 15 is 0 Å². The van der Waals surface area contributed by atoms with Crippen LogP contribution < -0.4 is 15.5 Å². The van der Waals surface area contributed by atoms with E-state index in [0.29, 0.717) is 6.54 Å². The quantitative estimate of drug-likeness (QED) is 0.903. The average Bonchev–Trinajstić information content (AvgIpc) is 2.48. The van der Waals surface area contributed by atoms with Gasteiger partial charge in [0.25, 0.3) is 0 Å². The van der Waals surface area contributed by atoms with E-state index in [0.717, 1.165) is 22.5 Å². The number of nitrogens with zero attached hydrogens (tertiary/aromatic N) is 1. The number of benzene rings is 2. The first-order valence-electron chi connectivity index (χ1n) is 6.93. The maximum Gasteiger partial charge on any atom is 0.319 e. The number of urea groups is 1. The van der Waals surface area contributed by atoms with Gasteiger partial charge in [0.05, 0.1) is 0 Å². The van der Waals surface area contributed by atoms with Crippen molar-refractivity contribution in [3.63, 3.8) is 0 Å². The highest BCUT2D eigenvalue weighted by molar-refractivity contribution is 5.89. The zero-order valence-electron chi connectivity index (χ0n) is 12.7. The molecule has 0 aliphatic carbocycles. The number of hydrogen-bond donors (Lipinski definition) is 2. The first-order valence-corrected chi connectivity index (χ1v) is 6.93.